The molecule has 1 rings (SSSR count). The lowest BCUT2D eigenvalue weighted by Crippen LogP contribution is -2.48. The van der Waals surface area contributed by atoms with E-state index < -0.39 is 6.04 Å². The van der Waals surface area contributed by atoms with Gasteiger partial charge in [0, 0.05) is 6.42 Å². The standard InChI is InChI=1S/C29H53NO5/c1-5-8-10-12-13-14-15-16-17-19-24(34-29(33)27(30-22-31)23(4)7-3)21-26-25(28(32)35-26)20-18-11-9-6-2/h22-27H,5-21H2,1-4H3,(H,30,31)/t23-,24-,25-,26-,27-/m0/s1. The smallest absolute Gasteiger partial charge is 0.329 e. The Kier molecular flexibility index (Phi) is 17.6. The molecule has 0 spiro atoms. The summed E-state index contributed by atoms with van der Waals surface area (Å²) in [6.45, 7) is 8.35. The first-order valence-corrected chi connectivity index (χ1v) is 14.6. The molecule has 1 heterocycles. The highest BCUT2D eigenvalue weighted by Crippen LogP contribution is 2.33. The molecule has 0 aliphatic carbocycles. The van der Waals surface area contributed by atoms with Crippen molar-refractivity contribution in [3.63, 3.8) is 0 Å². The molecule has 1 aliphatic heterocycles. The molecule has 0 bridgehead atoms. The van der Waals surface area contributed by atoms with Crippen molar-refractivity contribution in [2.24, 2.45) is 11.8 Å². The molecule has 0 aromatic rings. The minimum Gasteiger partial charge on any atom is -0.461 e. The van der Waals surface area contributed by atoms with Crippen molar-refractivity contribution in [2.75, 3.05) is 0 Å². The number of carbonyl (C=O) groups is 3. The van der Waals surface area contributed by atoms with Gasteiger partial charge in [-0.1, -0.05) is 111 Å². The zero-order chi connectivity index (χ0) is 25.9. The third kappa shape index (κ3) is 12.8. The third-order valence-electron chi connectivity index (χ3n) is 7.51. The molecule has 35 heavy (non-hydrogen) atoms. The van der Waals surface area contributed by atoms with Gasteiger partial charge in [0.25, 0.3) is 0 Å². The Bertz CT molecular complexity index is 581. The average Bonchev–Trinajstić information content (AvgIpc) is 2.85. The average molecular weight is 496 g/mol. The molecule has 0 radical (unpaired) electrons. The summed E-state index contributed by atoms with van der Waals surface area (Å²) in [5.41, 5.74) is 0. The Balaban J connectivity index is 2.60. The number of esters is 2. The fraction of sp³-hybridized carbons (Fsp3) is 0.897. The Hall–Kier alpha value is -1.59. The second-order valence-corrected chi connectivity index (χ2v) is 10.5. The highest BCUT2D eigenvalue weighted by molar-refractivity contribution is 5.79. The normalized spacial score (nSPS) is 19.8. The lowest BCUT2D eigenvalue weighted by Gasteiger charge is -2.37. The number of nitrogens with one attached hydrogen (secondary N) is 1. The summed E-state index contributed by atoms with van der Waals surface area (Å²) in [5, 5.41) is 2.64. The molecule has 5 atom stereocenters. The predicted molar refractivity (Wildman–Crippen MR) is 141 cm³/mol. The van der Waals surface area contributed by atoms with E-state index in [4.69, 9.17) is 9.47 Å². The van der Waals surface area contributed by atoms with Gasteiger partial charge in [-0.15, -0.1) is 0 Å². The van der Waals surface area contributed by atoms with E-state index in [2.05, 4.69) is 19.2 Å². The van der Waals surface area contributed by atoms with Gasteiger partial charge in [-0.2, -0.15) is 0 Å². The van der Waals surface area contributed by atoms with E-state index >= 15 is 0 Å². The number of unbranched alkanes of at least 4 members (excludes halogenated alkanes) is 11. The number of carbonyl (C=O) groups excluding carboxylic acids is 3. The zero-order valence-corrected chi connectivity index (χ0v) is 23.0. The van der Waals surface area contributed by atoms with Crippen molar-refractivity contribution >= 4 is 18.3 Å². The van der Waals surface area contributed by atoms with Gasteiger partial charge in [-0.05, 0) is 25.2 Å². The molecule has 0 unspecified atom stereocenters. The maximum atomic E-state index is 12.9. The van der Waals surface area contributed by atoms with Crippen LogP contribution in [0.1, 0.15) is 137 Å². The fourth-order valence-corrected chi connectivity index (χ4v) is 4.88. The number of hydrogen-bond donors (Lipinski definition) is 1. The van der Waals surface area contributed by atoms with Gasteiger partial charge in [-0.25, -0.2) is 4.79 Å². The van der Waals surface area contributed by atoms with Crippen LogP contribution < -0.4 is 5.32 Å². The number of cyclic esters (lactones) is 1. The fourth-order valence-electron chi connectivity index (χ4n) is 4.88. The maximum Gasteiger partial charge on any atom is 0.329 e. The summed E-state index contributed by atoms with van der Waals surface area (Å²) in [4.78, 5) is 36.1. The van der Waals surface area contributed by atoms with E-state index in [-0.39, 0.29) is 36.0 Å². The molecule has 1 aliphatic rings. The van der Waals surface area contributed by atoms with Crippen molar-refractivity contribution < 1.29 is 23.9 Å². The number of amides is 1. The van der Waals surface area contributed by atoms with Crippen LogP contribution in [0.3, 0.4) is 0 Å². The molecule has 0 saturated carbocycles. The first kappa shape index (κ1) is 31.4. The van der Waals surface area contributed by atoms with Crippen LogP contribution in [0.4, 0.5) is 0 Å². The lowest BCUT2D eigenvalue weighted by molar-refractivity contribution is -0.190. The van der Waals surface area contributed by atoms with Crippen molar-refractivity contribution in [1.82, 2.24) is 5.32 Å². The zero-order valence-electron chi connectivity index (χ0n) is 23.0. The molecule has 0 aromatic heterocycles. The predicted octanol–water partition coefficient (Wildman–Crippen LogP) is 6.88. The van der Waals surface area contributed by atoms with Crippen LogP contribution in [0.5, 0.6) is 0 Å². The summed E-state index contributed by atoms with van der Waals surface area (Å²) >= 11 is 0. The van der Waals surface area contributed by atoms with E-state index in [1.807, 2.05) is 13.8 Å². The first-order chi connectivity index (χ1) is 17.0. The Morgan fingerprint density at radius 3 is 2.06 bits per heavy atom. The van der Waals surface area contributed by atoms with Crippen LogP contribution in [0.15, 0.2) is 0 Å². The van der Waals surface area contributed by atoms with Crippen LogP contribution in [-0.4, -0.2) is 36.6 Å². The third-order valence-corrected chi connectivity index (χ3v) is 7.51. The molecule has 204 valence electrons. The van der Waals surface area contributed by atoms with Crippen LogP contribution >= 0.6 is 0 Å². The number of hydrogen-bond acceptors (Lipinski definition) is 5. The lowest BCUT2D eigenvalue weighted by atomic mass is 9.86. The highest BCUT2D eigenvalue weighted by Gasteiger charge is 2.43. The molecule has 6 heteroatoms. The monoisotopic (exact) mass is 495 g/mol. The molecular weight excluding hydrogens is 442 g/mol. The van der Waals surface area contributed by atoms with Crippen LogP contribution in [0, 0.1) is 11.8 Å². The van der Waals surface area contributed by atoms with E-state index in [1.54, 1.807) is 0 Å². The van der Waals surface area contributed by atoms with Crippen molar-refractivity contribution in [1.29, 1.82) is 0 Å². The summed E-state index contributed by atoms with van der Waals surface area (Å²) in [5.74, 6) is -0.569. The molecule has 6 nitrogen and oxygen atoms in total. The van der Waals surface area contributed by atoms with Crippen molar-refractivity contribution in [3.05, 3.63) is 0 Å². The summed E-state index contributed by atoms with van der Waals surface area (Å²) in [6, 6.07) is -0.642. The van der Waals surface area contributed by atoms with E-state index in [9.17, 15) is 14.4 Å². The number of ether oxygens (including phenoxy) is 2. The molecule has 1 saturated heterocycles. The second-order valence-electron chi connectivity index (χ2n) is 10.5. The maximum absolute atomic E-state index is 12.9. The van der Waals surface area contributed by atoms with E-state index in [0.717, 1.165) is 44.9 Å². The van der Waals surface area contributed by atoms with Gasteiger partial charge >= 0.3 is 11.9 Å². The largest absolute Gasteiger partial charge is 0.461 e. The molecular formula is C29H53NO5. The van der Waals surface area contributed by atoms with Crippen molar-refractivity contribution in [3.8, 4) is 0 Å². The second kappa shape index (κ2) is 19.6. The van der Waals surface area contributed by atoms with Gasteiger partial charge in [-0.3, -0.25) is 9.59 Å². The first-order valence-electron chi connectivity index (χ1n) is 14.6. The highest BCUT2D eigenvalue weighted by atomic mass is 16.6. The summed E-state index contributed by atoms with van der Waals surface area (Å²) < 4.78 is 11.4. The van der Waals surface area contributed by atoms with Gasteiger partial charge < -0.3 is 14.8 Å². The number of rotatable bonds is 23. The van der Waals surface area contributed by atoms with E-state index in [0.29, 0.717) is 12.8 Å². The topological polar surface area (TPSA) is 81.7 Å². The SMILES string of the molecule is CCCCCCCCCCC[C@@H](C[C@@H]1OC(=O)[C@H]1CCCCCC)OC(=O)[C@@H](NC=O)[C@@H](C)CC. The quantitative estimate of drug-likeness (QED) is 0.0949. The molecule has 1 amide bonds. The van der Waals surface area contributed by atoms with Gasteiger partial charge in [0.05, 0.1) is 5.92 Å². The van der Waals surface area contributed by atoms with Crippen LogP contribution in [-0.2, 0) is 23.9 Å². The summed E-state index contributed by atoms with van der Waals surface area (Å²) in [6.07, 6.45) is 18.7. The van der Waals surface area contributed by atoms with Gasteiger partial charge in [0.1, 0.15) is 18.2 Å². The summed E-state index contributed by atoms with van der Waals surface area (Å²) in [7, 11) is 0. The minimum atomic E-state index is -0.642. The minimum absolute atomic E-state index is 0.00565. The van der Waals surface area contributed by atoms with Gasteiger partial charge in [0.15, 0.2) is 0 Å². The molecule has 0 aromatic carbocycles. The molecule has 1 N–H and O–H groups in total. The van der Waals surface area contributed by atoms with Crippen LogP contribution in [0.25, 0.3) is 0 Å². The van der Waals surface area contributed by atoms with Crippen LogP contribution in [0.2, 0.25) is 0 Å². The van der Waals surface area contributed by atoms with E-state index in [1.165, 1.54) is 57.8 Å². The Morgan fingerprint density at radius 1 is 0.943 bits per heavy atom. The van der Waals surface area contributed by atoms with Gasteiger partial charge in [0.2, 0.25) is 6.41 Å². The van der Waals surface area contributed by atoms with Crippen molar-refractivity contribution in [2.45, 2.75) is 155 Å². The Labute approximate surface area is 214 Å². The molecule has 1 fully saturated rings. The Morgan fingerprint density at radius 2 is 1.51 bits per heavy atom.